The zero-order valence-corrected chi connectivity index (χ0v) is 22.7. The smallest absolute Gasteiger partial charge is 0.293 e. The molecule has 1 aliphatic heterocycles. The lowest BCUT2D eigenvalue weighted by molar-refractivity contribution is -0.123. The first-order valence-corrected chi connectivity index (χ1v) is 13.8. The number of hydrogen-bond acceptors (Lipinski definition) is 4. The van der Waals surface area contributed by atoms with E-state index in [9.17, 15) is 9.59 Å². The Kier molecular flexibility index (Phi) is 6.75. The van der Waals surface area contributed by atoms with Crippen molar-refractivity contribution in [2.45, 2.75) is 13.2 Å². The predicted octanol–water partition coefficient (Wildman–Crippen LogP) is 8.57. The van der Waals surface area contributed by atoms with E-state index in [0.29, 0.717) is 17.3 Å². The average Bonchev–Trinajstić information content (AvgIpc) is 3.21. The molecule has 0 spiro atoms. The molecule has 0 atom stereocenters. The van der Waals surface area contributed by atoms with Gasteiger partial charge in [0.15, 0.2) is 0 Å². The molecule has 6 rings (SSSR count). The van der Waals surface area contributed by atoms with Crippen molar-refractivity contribution in [3.8, 4) is 5.75 Å². The van der Waals surface area contributed by atoms with E-state index in [1.807, 2.05) is 103 Å². The fraction of sp³-hybridized carbons (Fsp3) is 0.0625. The molecule has 5 aromatic carbocycles. The van der Waals surface area contributed by atoms with Crippen LogP contribution in [0.2, 0.25) is 0 Å². The molecule has 0 N–H and O–H groups in total. The summed E-state index contributed by atoms with van der Waals surface area (Å²) in [6.45, 7) is 0.612. The van der Waals surface area contributed by atoms with Gasteiger partial charge in [-0.1, -0.05) is 101 Å². The van der Waals surface area contributed by atoms with Crippen molar-refractivity contribution in [1.29, 1.82) is 0 Å². The molecule has 0 aromatic heterocycles. The van der Waals surface area contributed by atoms with Crippen molar-refractivity contribution >= 4 is 66.5 Å². The largest absolute Gasteiger partial charge is 0.488 e. The highest BCUT2D eigenvalue weighted by atomic mass is 79.9. The summed E-state index contributed by atoms with van der Waals surface area (Å²) in [6.07, 6.45) is 1.80. The third-order valence-corrected chi connectivity index (χ3v) is 8.03. The van der Waals surface area contributed by atoms with Gasteiger partial charge in [0.1, 0.15) is 12.4 Å². The predicted molar refractivity (Wildman–Crippen MR) is 158 cm³/mol. The Labute approximate surface area is 233 Å². The lowest BCUT2D eigenvalue weighted by Crippen LogP contribution is -2.27. The first-order chi connectivity index (χ1) is 18.6. The molecule has 5 aromatic rings. The highest BCUT2D eigenvalue weighted by molar-refractivity contribution is 9.10. The summed E-state index contributed by atoms with van der Waals surface area (Å²) in [4.78, 5) is 28.2. The maximum atomic E-state index is 13.5. The van der Waals surface area contributed by atoms with Crippen molar-refractivity contribution in [2.75, 3.05) is 0 Å². The minimum absolute atomic E-state index is 0.228. The van der Waals surface area contributed by atoms with Crippen LogP contribution in [0.5, 0.6) is 5.75 Å². The maximum Gasteiger partial charge on any atom is 0.293 e. The van der Waals surface area contributed by atoms with Crippen molar-refractivity contribution < 1.29 is 14.3 Å². The summed E-state index contributed by atoms with van der Waals surface area (Å²) >= 11 is 4.43. The Bertz CT molecular complexity index is 1720. The van der Waals surface area contributed by atoms with Crippen LogP contribution in [-0.2, 0) is 17.9 Å². The zero-order valence-electron chi connectivity index (χ0n) is 20.3. The monoisotopic (exact) mass is 579 g/mol. The summed E-state index contributed by atoms with van der Waals surface area (Å²) in [5, 5.41) is 3.84. The molecule has 6 heteroatoms. The van der Waals surface area contributed by atoms with Gasteiger partial charge in [-0.05, 0) is 68.7 Å². The van der Waals surface area contributed by atoms with Crippen LogP contribution in [0.4, 0.5) is 4.79 Å². The highest BCUT2D eigenvalue weighted by Gasteiger charge is 2.35. The zero-order chi connectivity index (χ0) is 26.1. The summed E-state index contributed by atoms with van der Waals surface area (Å²) in [5.74, 6) is 0.368. The van der Waals surface area contributed by atoms with E-state index < -0.39 is 0 Å². The minimum Gasteiger partial charge on any atom is -0.488 e. The van der Waals surface area contributed by atoms with Crippen LogP contribution in [0.15, 0.2) is 113 Å². The molecular formula is C32H22BrNO3S. The van der Waals surface area contributed by atoms with Gasteiger partial charge in [0.2, 0.25) is 0 Å². The van der Waals surface area contributed by atoms with Gasteiger partial charge >= 0.3 is 0 Å². The van der Waals surface area contributed by atoms with Gasteiger partial charge < -0.3 is 4.74 Å². The summed E-state index contributed by atoms with van der Waals surface area (Å²) in [7, 11) is 0. The molecule has 1 heterocycles. The molecule has 4 nitrogen and oxygen atoms in total. The molecule has 0 radical (unpaired) electrons. The van der Waals surface area contributed by atoms with Crippen LogP contribution in [0.1, 0.15) is 16.7 Å². The molecule has 1 fully saturated rings. The second kappa shape index (κ2) is 10.5. The number of halogens is 1. The third kappa shape index (κ3) is 4.85. The number of carbonyl (C=O) groups excluding carboxylic acids is 2. The van der Waals surface area contributed by atoms with E-state index in [1.165, 1.54) is 4.90 Å². The second-order valence-corrected chi connectivity index (χ2v) is 10.9. The number of benzene rings is 5. The van der Waals surface area contributed by atoms with Crippen LogP contribution in [-0.4, -0.2) is 16.0 Å². The van der Waals surface area contributed by atoms with Crippen molar-refractivity contribution in [3.63, 3.8) is 0 Å². The Morgan fingerprint density at radius 1 is 0.763 bits per heavy atom. The number of imide groups is 1. The fourth-order valence-electron chi connectivity index (χ4n) is 4.66. The number of ether oxygens (including phenoxy) is 1. The van der Waals surface area contributed by atoms with Crippen LogP contribution >= 0.6 is 27.7 Å². The first kappa shape index (κ1) is 24.5. The van der Waals surface area contributed by atoms with Crippen LogP contribution in [0.3, 0.4) is 0 Å². The molecule has 1 aliphatic rings. The van der Waals surface area contributed by atoms with E-state index in [4.69, 9.17) is 4.74 Å². The van der Waals surface area contributed by atoms with Crippen LogP contribution in [0, 0.1) is 0 Å². The van der Waals surface area contributed by atoms with Gasteiger partial charge in [-0.2, -0.15) is 0 Å². The fourth-order valence-corrected chi connectivity index (χ4v) is 5.74. The minimum atomic E-state index is -0.292. The number of rotatable bonds is 6. The molecule has 0 bridgehead atoms. The Balaban J connectivity index is 1.33. The molecule has 186 valence electrons. The Morgan fingerprint density at radius 3 is 2.24 bits per heavy atom. The van der Waals surface area contributed by atoms with E-state index in [-0.39, 0.29) is 17.7 Å². The number of thioether (sulfide) groups is 1. The average molecular weight is 581 g/mol. The number of amides is 2. The first-order valence-electron chi connectivity index (χ1n) is 12.2. The quantitative estimate of drug-likeness (QED) is 0.189. The number of hydrogen-bond donors (Lipinski definition) is 0. The molecule has 38 heavy (non-hydrogen) atoms. The van der Waals surface area contributed by atoms with Crippen LogP contribution in [0.25, 0.3) is 27.6 Å². The molecular weight excluding hydrogens is 558 g/mol. The van der Waals surface area contributed by atoms with Gasteiger partial charge in [0.05, 0.1) is 11.4 Å². The number of carbonyl (C=O) groups is 2. The van der Waals surface area contributed by atoms with Crippen molar-refractivity contribution in [1.82, 2.24) is 4.90 Å². The molecule has 0 saturated carbocycles. The molecule has 0 unspecified atom stereocenters. The van der Waals surface area contributed by atoms with Gasteiger partial charge in [-0.3, -0.25) is 14.5 Å². The number of nitrogens with zero attached hydrogens (tertiary/aromatic N) is 1. The van der Waals surface area contributed by atoms with Crippen molar-refractivity contribution in [2.24, 2.45) is 0 Å². The van der Waals surface area contributed by atoms with Gasteiger partial charge in [-0.15, -0.1) is 0 Å². The van der Waals surface area contributed by atoms with Gasteiger partial charge in [0.25, 0.3) is 11.1 Å². The van der Waals surface area contributed by atoms with Crippen molar-refractivity contribution in [3.05, 3.63) is 129 Å². The topological polar surface area (TPSA) is 46.6 Å². The van der Waals surface area contributed by atoms with E-state index in [1.54, 1.807) is 6.08 Å². The Hall–Kier alpha value is -3.87. The Morgan fingerprint density at radius 2 is 1.45 bits per heavy atom. The van der Waals surface area contributed by atoms with E-state index in [0.717, 1.165) is 54.5 Å². The van der Waals surface area contributed by atoms with Gasteiger partial charge in [0, 0.05) is 10.0 Å². The SMILES string of the molecule is O=C1S/C(=C/c2c(OCc3ccc(Br)cc3)ccc3ccccc23)C(=O)N1Cc1cccc2ccccc12. The van der Waals surface area contributed by atoms with E-state index >= 15 is 0 Å². The highest BCUT2D eigenvalue weighted by Crippen LogP contribution is 2.38. The number of fused-ring (bicyclic) bond motifs is 2. The molecule has 0 aliphatic carbocycles. The summed E-state index contributed by atoms with van der Waals surface area (Å²) < 4.78 is 7.24. The second-order valence-electron chi connectivity index (χ2n) is 9.02. The van der Waals surface area contributed by atoms with Gasteiger partial charge in [-0.25, -0.2) is 0 Å². The lowest BCUT2D eigenvalue weighted by atomic mass is 10.0. The summed E-state index contributed by atoms with van der Waals surface area (Å²) in [6, 6.07) is 33.8. The maximum absolute atomic E-state index is 13.5. The standard InChI is InChI=1S/C32H22BrNO3S/c33-25-15-12-21(13-16-25)20-37-29-17-14-23-7-2-4-11-27(23)28(29)18-30-31(35)34(32(36)38-30)19-24-9-5-8-22-6-1-3-10-26(22)24/h1-18H,19-20H2/b30-18+. The molecule has 1 saturated heterocycles. The lowest BCUT2D eigenvalue weighted by Gasteiger charge is -2.15. The third-order valence-electron chi connectivity index (χ3n) is 6.60. The normalized spacial score (nSPS) is 14.7. The van der Waals surface area contributed by atoms with E-state index in [2.05, 4.69) is 15.9 Å². The van der Waals surface area contributed by atoms with Crippen LogP contribution < -0.4 is 4.74 Å². The molecule has 2 amide bonds. The summed E-state index contributed by atoms with van der Waals surface area (Å²) in [5.41, 5.74) is 2.76.